The van der Waals surface area contributed by atoms with Crippen LogP contribution in [0.15, 0.2) is 36.7 Å². The molecule has 0 saturated carbocycles. The van der Waals surface area contributed by atoms with Crippen LogP contribution in [0.3, 0.4) is 0 Å². The van der Waals surface area contributed by atoms with Gasteiger partial charge < -0.3 is 9.47 Å². The Morgan fingerprint density at radius 2 is 2.17 bits per heavy atom. The zero-order valence-electron chi connectivity index (χ0n) is 14.3. The molecule has 4 rings (SSSR count). The second-order valence-corrected chi connectivity index (χ2v) is 7.01. The fraction of sp³-hybridized carbons (Fsp3) is 0.500. The molecule has 0 spiro atoms. The number of aryl methyl sites for hydroxylation is 1. The van der Waals surface area contributed by atoms with Crippen molar-refractivity contribution in [2.24, 2.45) is 5.92 Å². The standard InChI is InChI=1S/C20H25N3O/c1-2-5-18-17-7-4-3-6-15(17)9-12-23(18)20(24)16-8-11-22-13-10-21-19(22)14-16/h3-4,6-7,10,13,16,18H,2,5,8-9,11-12,14H2,1H3/t16-,18-/m0/s1. The number of carbonyl (C=O) groups excluding carboxylic acids is 1. The molecule has 0 N–H and O–H groups in total. The molecule has 1 aromatic carbocycles. The minimum atomic E-state index is 0.0875. The van der Waals surface area contributed by atoms with E-state index in [0.717, 1.165) is 51.0 Å². The molecule has 3 heterocycles. The maximum absolute atomic E-state index is 13.3. The number of rotatable bonds is 3. The van der Waals surface area contributed by atoms with E-state index in [9.17, 15) is 4.79 Å². The number of benzene rings is 1. The van der Waals surface area contributed by atoms with Gasteiger partial charge in [0.2, 0.25) is 5.91 Å². The van der Waals surface area contributed by atoms with Gasteiger partial charge in [0, 0.05) is 37.8 Å². The van der Waals surface area contributed by atoms with Gasteiger partial charge in [0.1, 0.15) is 5.82 Å². The molecule has 0 saturated heterocycles. The summed E-state index contributed by atoms with van der Waals surface area (Å²) in [5, 5.41) is 0. The van der Waals surface area contributed by atoms with Crippen molar-refractivity contribution in [2.45, 2.75) is 51.6 Å². The van der Waals surface area contributed by atoms with Crippen molar-refractivity contribution in [3.8, 4) is 0 Å². The Morgan fingerprint density at radius 3 is 3.04 bits per heavy atom. The van der Waals surface area contributed by atoms with E-state index in [-0.39, 0.29) is 12.0 Å². The van der Waals surface area contributed by atoms with E-state index in [2.05, 4.69) is 45.6 Å². The lowest BCUT2D eigenvalue weighted by Gasteiger charge is -2.40. The van der Waals surface area contributed by atoms with Gasteiger partial charge in [0.05, 0.1) is 6.04 Å². The third-order valence-corrected chi connectivity index (χ3v) is 5.56. The molecule has 4 nitrogen and oxygen atoms in total. The number of imidazole rings is 1. The lowest BCUT2D eigenvalue weighted by atomic mass is 9.87. The van der Waals surface area contributed by atoms with E-state index in [4.69, 9.17) is 0 Å². The van der Waals surface area contributed by atoms with Crippen molar-refractivity contribution in [1.29, 1.82) is 0 Å². The van der Waals surface area contributed by atoms with Crippen LogP contribution >= 0.6 is 0 Å². The van der Waals surface area contributed by atoms with Crippen LogP contribution in [0.25, 0.3) is 0 Å². The number of fused-ring (bicyclic) bond motifs is 2. The lowest BCUT2D eigenvalue weighted by molar-refractivity contribution is -0.139. The summed E-state index contributed by atoms with van der Waals surface area (Å²) in [6.45, 7) is 3.97. The Hall–Kier alpha value is -2.10. The van der Waals surface area contributed by atoms with Crippen molar-refractivity contribution in [1.82, 2.24) is 14.5 Å². The van der Waals surface area contributed by atoms with Crippen LogP contribution in [0.4, 0.5) is 0 Å². The molecule has 0 aliphatic carbocycles. The summed E-state index contributed by atoms with van der Waals surface area (Å²) < 4.78 is 2.18. The van der Waals surface area contributed by atoms with Gasteiger partial charge in [-0.15, -0.1) is 0 Å². The van der Waals surface area contributed by atoms with Gasteiger partial charge in [0.25, 0.3) is 0 Å². The summed E-state index contributed by atoms with van der Waals surface area (Å²) >= 11 is 0. The number of carbonyl (C=O) groups is 1. The quantitative estimate of drug-likeness (QED) is 0.868. The van der Waals surface area contributed by atoms with Crippen molar-refractivity contribution < 1.29 is 4.79 Å². The van der Waals surface area contributed by atoms with Gasteiger partial charge in [-0.2, -0.15) is 0 Å². The molecular formula is C20H25N3O. The molecule has 2 atom stereocenters. The van der Waals surface area contributed by atoms with Crippen LogP contribution in [0.5, 0.6) is 0 Å². The molecule has 2 aliphatic heterocycles. The third kappa shape index (κ3) is 2.64. The smallest absolute Gasteiger partial charge is 0.226 e. The molecule has 126 valence electrons. The number of hydrogen-bond acceptors (Lipinski definition) is 2. The number of nitrogens with zero attached hydrogens (tertiary/aromatic N) is 3. The lowest BCUT2D eigenvalue weighted by Crippen LogP contribution is -2.44. The Balaban J connectivity index is 1.58. The second-order valence-electron chi connectivity index (χ2n) is 7.01. The van der Waals surface area contributed by atoms with Gasteiger partial charge in [-0.1, -0.05) is 37.6 Å². The van der Waals surface area contributed by atoms with Crippen molar-refractivity contribution in [3.05, 3.63) is 53.6 Å². The van der Waals surface area contributed by atoms with E-state index in [1.54, 1.807) is 0 Å². The Bertz CT molecular complexity index is 736. The normalized spacial score (nSPS) is 22.8. The van der Waals surface area contributed by atoms with E-state index in [1.165, 1.54) is 11.1 Å². The zero-order chi connectivity index (χ0) is 16.5. The van der Waals surface area contributed by atoms with Gasteiger partial charge in [0.15, 0.2) is 0 Å². The monoisotopic (exact) mass is 323 g/mol. The van der Waals surface area contributed by atoms with E-state index in [1.807, 2.05) is 12.4 Å². The summed E-state index contributed by atoms with van der Waals surface area (Å²) in [6, 6.07) is 8.89. The summed E-state index contributed by atoms with van der Waals surface area (Å²) in [4.78, 5) is 19.8. The zero-order valence-corrected chi connectivity index (χ0v) is 14.3. The largest absolute Gasteiger partial charge is 0.335 e. The first-order valence-electron chi connectivity index (χ1n) is 9.16. The maximum Gasteiger partial charge on any atom is 0.226 e. The minimum absolute atomic E-state index is 0.0875. The summed E-state index contributed by atoms with van der Waals surface area (Å²) in [7, 11) is 0. The highest BCUT2D eigenvalue weighted by molar-refractivity contribution is 5.80. The maximum atomic E-state index is 13.3. The Labute approximate surface area is 143 Å². The molecule has 1 aromatic heterocycles. The predicted octanol–water partition coefficient (Wildman–Crippen LogP) is 3.37. The van der Waals surface area contributed by atoms with Crippen LogP contribution in [-0.4, -0.2) is 26.9 Å². The predicted molar refractivity (Wildman–Crippen MR) is 93.5 cm³/mol. The molecule has 2 aliphatic rings. The molecule has 24 heavy (non-hydrogen) atoms. The van der Waals surface area contributed by atoms with Crippen LogP contribution in [0.2, 0.25) is 0 Å². The van der Waals surface area contributed by atoms with Gasteiger partial charge in [-0.05, 0) is 30.4 Å². The topological polar surface area (TPSA) is 38.1 Å². The van der Waals surface area contributed by atoms with E-state index < -0.39 is 0 Å². The van der Waals surface area contributed by atoms with Crippen molar-refractivity contribution >= 4 is 5.91 Å². The van der Waals surface area contributed by atoms with E-state index >= 15 is 0 Å². The first-order chi connectivity index (χ1) is 11.8. The number of hydrogen-bond donors (Lipinski definition) is 0. The number of amides is 1. The molecule has 2 aromatic rings. The van der Waals surface area contributed by atoms with E-state index in [0.29, 0.717) is 5.91 Å². The molecule has 0 bridgehead atoms. The highest BCUT2D eigenvalue weighted by Crippen LogP contribution is 2.35. The summed E-state index contributed by atoms with van der Waals surface area (Å²) in [5.41, 5.74) is 2.77. The molecule has 0 unspecified atom stereocenters. The molecule has 0 radical (unpaired) electrons. The van der Waals surface area contributed by atoms with Gasteiger partial charge >= 0.3 is 0 Å². The highest BCUT2D eigenvalue weighted by Gasteiger charge is 2.35. The first kappa shape index (κ1) is 15.4. The summed E-state index contributed by atoms with van der Waals surface area (Å²) in [6.07, 6.45) is 8.69. The third-order valence-electron chi connectivity index (χ3n) is 5.56. The molecule has 4 heteroatoms. The Morgan fingerprint density at radius 1 is 1.29 bits per heavy atom. The van der Waals surface area contributed by atoms with Crippen molar-refractivity contribution in [3.63, 3.8) is 0 Å². The first-order valence-corrected chi connectivity index (χ1v) is 9.16. The van der Waals surface area contributed by atoms with Crippen LogP contribution in [0.1, 0.15) is 49.2 Å². The average Bonchev–Trinajstić information content (AvgIpc) is 3.09. The average molecular weight is 323 g/mol. The molecular weight excluding hydrogens is 298 g/mol. The van der Waals surface area contributed by atoms with Crippen LogP contribution in [0, 0.1) is 5.92 Å². The molecule has 1 amide bonds. The number of aromatic nitrogens is 2. The SMILES string of the molecule is CCC[C@H]1c2ccccc2CCN1C(=O)[C@H]1CCn2ccnc2C1. The fourth-order valence-electron chi connectivity index (χ4n) is 4.30. The summed E-state index contributed by atoms with van der Waals surface area (Å²) in [5.74, 6) is 1.48. The van der Waals surface area contributed by atoms with Crippen LogP contribution < -0.4 is 0 Å². The second kappa shape index (κ2) is 6.42. The van der Waals surface area contributed by atoms with Crippen molar-refractivity contribution in [2.75, 3.05) is 6.54 Å². The van der Waals surface area contributed by atoms with Gasteiger partial charge in [-0.25, -0.2) is 4.98 Å². The minimum Gasteiger partial charge on any atom is -0.335 e. The van der Waals surface area contributed by atoms with Gasteiger partial charge in [-0.3, -0.25) is 4.79 Å². The van der Waals surface area contributed by atoms with Crippen LogP contribution in [-0.2, 0) is 24.2 Å². The highest BCUT2D eigenvalue weighted by atomic mass is 16.2. The Kier molecular flexibility index (Phi) is 4.13. The molecule has 0 fully saturated rings. The fourth-order valence-corrected chi connectivity index (χ4v) is 4.30.